The van der Waals surface area contributed by atoms with Crippen LogP contribution in [0.5, 0.6) is 0 Å². The Morgan fingerprint density at radius 3 is 2.48 bits per heavy atom. The number of rotatable bonds is 8. The van der Waals surface area contributed by atoms with Crippen LogP contribution in [0.25, 0.3) is 22.4 Å². The van der Waals surface area contributed by atoms with Gasteiger partial charge in [-0.05, 0) is 48.4 Å². The minimum Gasteiger partial charge on any atom is -0.391 e. The highest BCUT2D eigenvalue weighted by molar-refractivity contribution is 5.88. The van der Waals surface area contributed by atoms with Crippen molar-refractivity contribution in [3.8, 4) is 22.4 Å². The van der Waals surface area contributed by atoms with E-state index in [0.29, 0.717) is 31.9 Å². The molecule has 2 aromatic heterocycles. The van der Waals surface area contributed by atoms with Crippen molar-refractivity contribution in [2.75, 3.05) is 24.5 Å². The predicted molar refractivity (Wildman–Crippen MR) is 105 cm³/mol. The van der Waals surface area contributed by atoms with Crippen LogP contribution in [0.4, 0.5) is 10.2 Å². The molecule has 0 aliphatic heterocycles. The van der Waals surface area contributed by atoms with E-state index in [2.05, 4.69) is 15.2 Å². The zero-order valence-electron chi connectivity index (χ0n) is 15.3. The lowest BCUT2D eigenvalue weighted by Crippen LogP contribution is -2.36. The molecule has 2 heterocycles. The molecule has 1 aromatic carbocycles. The average molecular weight is 369 g/mol. The van der Waals surface area contributed by atoms with E-state index in [9.17, 15) is 9.50 Å². The van der Waals surface area contributed by atoms with Gasteiger partial charge in [-0.25, -0.2) is 4.39 Å². The Hall–Kier alpha value is -2.77. The number of aliphatic hydroxyl groups excluding tert-OH is 1. The summed E-state index contributed by atoms with van der Waals surface area (Å²) in [5.41, 5.74) is 9.21. The number of nitrogens with one attached hydrogen (secondary N) is 1. The molecule has 1 unspecified atom stereocenters. The molecule has 0 aliphatic rings. The largest absolute Gasteiger partial charge is 0.391 e. The van der Waals surface area contributed by atoms with E-state index in [1.807, 2.05) is 24.0 Å². The maximum atomic E-state index is 13.4. The Morgan fingerprint density at radius 1 is 1.15 bits per heavy atom. The predicted octanol–water partition coefficient (Wildman–Crippen LogP) is 2.81. The molecule has 0 radical (unpaired) electrons. The monoisotopic (exact) mass is 369 g/mol. The van der Waals surface area contributed by atoms with Crippen LogP contribution in [-0.4, -0.2) is 46.0 Å². The first kappa shape index (κ1) is 19.0. The number of benzene rings is 1. The first-order chi connectivity index (χ1) is 13.1. The van der Waals surface area contributed by atoms with Crippen molar-refractivity contribution in [1.82, 2.24) is 15.2 Å². The third kappa shape index (κ3) is 4.32. The minimum atomic E-state index is -0.479. The molecule has 0 bridgehead atoms. The molecule has 4 N–H and O–H groups in total. The zero-order chi connectivity index (χ0) is 19.2. The van der Waals surface area contributed by atoms with Crippen LogP contribution >= 0.6 is 0 Å². The van der Waals surface area contributed by atoms with E-state index in [1.54, 1.807) is 24.5 Å². The second-order valence-corrected chi connectivity index (χ2v) is 6.34. The second kappa shape index (κ2) is 8.75. The summed E-state index contributed by atoms with van der Waals surface area (Å²) in [6.07, 6.45) is 3.59. The third-order valence-corrected chi connectivity index (χ3v) is 4.45. The van der Waals surface area contributed by atoms with E-state index >= 15 is 0 Å². The average Bonchev–Trinajstić information content (AvgIpc) is 3.13. The molecule has 6 nitrogen and oxygen atoms in total. The lowest BCUT2D eigenvalue weighted by Gasteiger charge is -2.25. The number of nitrogens with zero attached hydrogens (tertiary/aromatic N) is 3. The van der Waals surface area contributed by atoms with E-state index in [4.69, 9.17) is 5.73 Å². The number of aromatic amines is 1. The van der Waals surface area contributed by atoms with Crippen LogP contribution < -0.4 is 10.6 Å². The minimum absolute atomic E-state index is 0.292. The van der Waals surface area contributed by atoms with Crippen LogP contribution in [0, 0.1) is 5.82 Å². The van der Waals surface area contributed by atoms with Gasteiger partial charge in [-0.1, -0.05) is 6.92 Å². The van der Waals surface area contributed by atoms with Crippen molar-refractivity contribution in [2.24, 2.45) is 5.73 Å². The van der Waals surface area contributed by atoms with Crippen LogP contribution in [0.2, 0.25) is 0 Å². The molecule has 0 fully saturated rings. The summed E-state index contributed by atoms with van der Waals surface area (Å²) in [6, 6.07) is 10.1. The number of H-pyrrole nitrogens is 1. The van der Waals surface area contributed by atoms with Gasteiger partial charge in [0.05, 0.1) is 17.4 Å². The number of pyridine rings is 1. The zero-order valence-corrected chi connectivity index (χ0v) is 15.3. The van der Waals surface area contributed by atoms with Gasteiger partial charge in [-0.2, -0.15) is 5.10 Å². The van der Waals surface area contributed by atoms with E-state index in [0.717, 1.165) is 22.4 Å². The van der Waals surface area contributed by atoms with Crippen molar-refractivity contribution in [1.29, 1.82) is 0 Å². The number of aromatic nitrogens is 3. The van der Waals surface area contributed by atoms with Gasteiger partial charge in [0.2, 0.25) is 0 Å². The molecule has 1 atom stereocenters. The fourth-order valence-electron chi connectivity index (χ4n) is 3.00. The van der Waals surface area contributed by atoms with Crippen molar-refractivity contribution in [2.45, 2.75) is 19.4 Å². The molecule has 27 heavy (non-hydrogen) atoms. The van der Waals surface area contributed by atoms with Crippen LogP contribution in [0.3, 0.4) is 0 Å². The summed E-state index contributed by atoms with van der Waals surface area (Å²) in [7, 11) is 0. The normalized spacial score (nSPS) is 12.1. The fourth-order valence-corrected chi connectivity index (χ4v) is 3.00. The van der Waals surface area contributed by atoms with Crippen molar-refractivity contribution in [3.63, 3.8) is 0 Å². The Kier molecular flexibility index (Phi) is 6.16. The maximum Gasteiger partial charge on any atom is 0.159 e. The van der Waals surface area contributed by atoms with Gasteiger partial charge >= 0.3 is 0 Å². The number of hydrogen-bond acceptors (Lipinski definition) is 5. The van der Waals surface area contributed by atoms with Crippen molar-refractivity contribution in [3.05, 3.63) is 54.6 Å². The summed E-state index contributed by atoms with van der Waals surface area (Å²) < 4.78 is 13.4. The standard InChI is InChI=1S/C20H24FN5O/c1-2-17(27)13-26(12-9-22)20-18(14-7-10-23-11-8-14)19(24-25-20)15-3-5-16(21)6-4-15/h3-8,10-11,17,27H,2,9,12-13,22H2,1H3,(H,24,25). The van der Waals surface area contributed by atoms with E-state index < -0.39 is 6.10 Å². The second-order valence-electron chi connectivity index (χ2n) is 6.34. The van der Waals surface area contributed by atoms with Gasteiger partial charge in [0.15, 0.2) is 5.82 Å². The lowest BCUT2D eigenvalue weighted by atomic mass is 10.0. The maximum absolute atomic E-state index is 13.4. The molecule has 142 valence electrons. The van der Waals surface area contributed by atoms with E-state index in [1.165, 1.54) is 12.1 Å². The molecule has 0 amide bonds. The van der Waals surface area contributed by atoms with Crippen LogP contribution in [0.1, 0.15) is 13.3 Å². The summed E-state index contributed by atoms with van der Waals surface area (Å²) in [6.45, 7) is 3.36. The summed E-state index contributed by atoms with van der Waals surface area (Å²) in [5, 5.41) is 17.8. The number of anilines is 1. The number of nitrogens with two attached hydrogens (primary N) is 1. The molecule has 0 saturated carbocycles. The van der Waals surface area contributed by atoms with Gasteiger partial charge in [0.25, 0.3) is 0 Å². The molecule has 0 spiro atoms. The molecule has 7 heteroatoms. The Balaban J connectivity index is 2.12. The Morgan fingerprint density at radius 2 is 1.85 bits per heavy atom. The van der Waals surface area contributed by atoms with Gasteiger partial charge in [-0.15, -0.1) is 0 Å². The van der Waals surface area contributed by atoms with Gasteiger partial charge in [0.1, 0.15) is 5.82 Å². The van der Waals surface area contributed by atoms with Gasteiger partial charge < -0.3 is 15.7 Å². The highest BCUT2D eigenvalue weighted by Gasteiger charge is 2.22. The summed E-state index contributed by atoms with van der Waals surface area (Å²) >= 11 is 0. The number of hydrogen-bond donors (Lipinski definition) is 3. The highest BCUT2D eigenvalue weighted by atomic mass is 19.1. The Labute approximate surface area is 157 Å². The fraction of sp³-hybridized carbons (Fsp3) is 0.300. The van der Waals surface area contributed by atoms with Crippen LogP contribution in [-0.2, 0) is 0 Å². The highest BCUT2D eigenvalue weighted by Crippen LogP contribution is 2.37. The van der Waals surface area contributed by atoms with Crippen molar-refractivity contribution >= 4 is 5.82 Å². The molecular formula is C20H24FN5O. The van der Waals surface area contributed by atoms with Crippen LogP contribution in [0.15, 0.2) is 48.8 Å². The first-order valence-electron chi connectivity index (χ1n) is 9.01. The molecule has 3 aromatic rings. The third-order valence-electron chi connectivity index (χ3n) is 4.45. The molecule has 3 rings (SSSR count). The molecule has 0 aliphatic carbocycles. The van der Waals surface area contributed by atoms with Gasteiger partial charge in [-0.3, -0.25) is 10.1 Å². The summed E-state index contributed by atoms with van der Waals surface area (Å²) in [5.74, 6) is 0.415. The van der Waals surface area contributed by atoms with E-state index in [-0.39, 0.29) is 5.82 Å². The SMILES string of the molecule is CCC(O)CN(CCN)c1n[nH]c(-c2ccc(F)cc2)c1-c1ccncc1. The quantitative estimate of drug-likeness (QED) is 0.568. The smallest absolute Gasteiger partial charge is 0.159 e. The number of aliphatic hydroxyl groups is 1. The topological polar surface area (TPSA) is 91.1 Å². The molecular weight excluding hydrogens is 345 g/mol. The van der Waals surface area contributed by atoms with Crippen molar-refractivity contribution < 1.29 is 9.50 Å². The number of halogens is 1. The Bertz CT molecular complexity index is 851. The first-order valence-corrected chi connectivity index (χ1v) is 9.01. The molecule has 0 saturated heterocycles. The van der Waals surface area contributed by atoms with Gasteiger partial charge in [0, 0.05) is 37.6 Å². The lowest BCUT2D eigenvalue weighted by molar-refractivity contribution is 0.175. The summed E-state index contributed by atoms with van der Waals surface area (Å²) in [4.78, 5) is 6.07.